The molecule has 0 aliphatic heterocycles. The number of nitrogens with one attached hydrogen (secondary N) is 1. The highest BCUT2D eigenvalue weighted by atomic mass is 16.4. The van der Waals surface area contributed by atoms with Crippen LogP contribution in [-0.2, 0) is 0 Å². The van der Waals surface area contributed by atoms with Crippen molar-refractivity contribution in [3.63, 3.8) is 0 Å². The first-order valence-corrected chi connectivity index (χ1v) is 7.12. The normalized spacial score (nSPS) is 11.2. The molecule has 0 radical (unpaired) electrons. The highest BCUT2D eigenvalue weighted by Crippen LogP contribution is 2.17. The summed E-state index contributed by atoms with van der Waals surface area (Å²) in [5.41, 5.74) is 5.60. The number of H-pyrrole nitrogens is 1. The third-order valence-corrected chi connectivity index (χ3v) is 3.78. The first kappa shape index (κ1) is 14.0. The van der Waals surface area contributed by atoms with Crippen molar-refractivity contribution in [2.45, 2.75) is 0 Å². The molecule has 7 heteroatoms. The molecule has 4 aromatic rings. The van der Waals surface area contributed by atoms with Crippen LogP contribution < -0.4 is 17.0 Å². The number of fused-ring (bicyclic) bond motifs is 2. The first-order valence-electron chi connectivity index (χ1n) is 7.12. The van der Waals surface area contributed by atoms with Crippen LogP contribution in [0.3, 0.4) is 0 Å². The van der Waals surface area contributed by atoms with Gasteiger partial charge in [0.15, 0.2) is 0 Å². The summed E-state index contributed by atoms with van der Waals surface area (Å²) in [6, 6.07) is 12.9. The summed E-state index contributed by atoms with van der Waals surface area (Å²) in [6.45, 7) is 0. The van der Waals surface area contributed by atoms with Crippen LogP contribution in [0, 0.1) is 0 Å². The Hall–Kier alpha value is -3.61. The average Bonchev–Trinajstić information content (AvgIpc) is 2.88. The lowest BCUT2D eigenvalue weighted by Crippen LogP contribution is -2.28. The second kappa shape index (κ2) is 4.95. The topological polar surface area (TPSA) is 111 Å². The lowest BCUT2D eigenvalue weighted by atomic mass is 10.1. The molecule has 2 aromatic carbocycles. The molecule has 4 rings (SSSR count). The van der Waals surface area contributed by atoms with Gasteiger partial charge in [0, 0.05) is 11.1 Å². The van der Waals surface area contributed by atoms with E-state index >= 15 is 0 Å². The van der Waals surface area contributed by atoms with E-state index in [0.29, 0.717) is 27.7 Å². The molecular weight excluding hydrogens is 310 g/mol. The zero-order chi connectivity index (χ0) is 16.8. The number of benzene rings is 2. The van der Waals surface area contributed by atoms with Gasteiger partial charge in [0.1, 0.15) is 11.1 Å². The smallest absolute Gasteiger partial charge is 0.349 e. The van der Waals surface area contributed by atoms with Crippen LogP contribution in [0.2, 0.25) is 0 Å². The van der Waals surface area contributed by atoms with E-state index in [4.69, 9.17) is 10.2 Å². The number of aromatic amines is 1. The Bertz CT molecular complexity index is 1230. The van der Waals surface area contributed by atoms with Crippen LogP contribution in [0.1, 0.15) is 10.4 Å². The standard InChI is InChI=1S/C17H11N3O4/c18-10-5-6-13-12(8-10)19-17(23)20(13)15(21)11-7-9-3-1-2-4-14(9)24-16(11)22/h1-8H,18H2,(H,19,23). The lowest BCUT2D eigenvalue weighted by molar-refractivity contribution is 0.0957. The molecule has 2 aromatic heterocycles. The minimum Gasteiger partial charge on any atom is -0.422 e. The molecule has 2 heterocycles. The van der Waals surface area contributed by atoms with E-state index in [0.717, 1.165) is 4.57 Å². The van der Waals surface area contributed by atoms with Crippen LogP contribution in [0.15, 0.2) is 62.5 Å². The van der Waals surface area contributed by atoms with Gasteiger partial charge in [-0.05, 0) is 30.3 Å². The van der Waals surface area contributed by atoms with E-state index in [1.807, 2.05) is 0 Å². The molecule has 3 N–H and O–H groups in total. The SMILES string of the molecule is Nc1ccc2c(c1)[nH]c(=O)n2C(=O)c1cc2ccccc2oc1=O. The van der Waals surface area contributed by atoms with Gasteiger partial charge in [0.25, 0.3) is 5.91 Å². The van der Waals surface area contributed by atoms with Gasteiger partial charge in [0.2, 0.25) is 0 Å². The molecule has 0 amide bonds. The maximum atomic E-state index is 12.7. The number of para-hydroxylation sites is 1. The third kappa shape index (κ3) is 2.03. The van der Waals surface area contributed by atoms with Gasteiger partial charge in [-0.2, -0.15) is 0 Å². The van der Waals surface area contributed by atoms with Crippen molar-refractivity contribution in [2.24, 2.45) is 0 Å². The number of hydrogen-bond acceptors (Lipinski definition) is 5. The van der Waals surface area contributed by atoms with Crippen LogP contribution in [0.25, 0.3) is 22.0 Å². The van der Waals surface area contributed by atoms with E-state index in [2.05, 4.69) is 4.98 Å². The van der Waals surface area contributed by atoms with Crippen molar-refractivity contribution in [1.29, 1.82) is 0 Å². The van der Waals surface area contributed by atoms with Crippen LogP contribution >= 0.6 is 0 Å². The van der Waals surface area contributed by atoms with E-state index in [1.54, 1.807) is 42.5 Å². The summed E-state index contributed by atoms with van der Waals surface area (Å²) < 4.78 is 6.06. The Morgan fingerprint density at radius 3 is 2.71 bits per heavy atom. The lowest BCUT2D eigenvalue weighted by Gasteiger charge is -2.03. The molecule has 0 fully saturated rings. The molecule has 0 bridgehead atoms. The summed E-state index contributed by atoms with van der Waals surface area (Å²) in [7, 11) is 0. The molecule has 0 aliphatic rings. The molecule has 0 saturated carbocycles. The minimum atomic E-state index is -0.796. The molecule has 0 atom stereocenters. The fourth-order valence-electron chi connectivity index (χ4n) is 2.66. The number of rotatable bonds is 1. The summed E-state index contributed by atoms with van der Waals surface area (Å²) in [4.78, 5) is 39.6. The first-order chi connectivity index (χ1) is 11.5. The number of carbonyl (C=O) groups is 1. The third-order valence-electron chi connectivity index (χ3n) is 3.78. The fraction of sp³-hybridized carbons (Fsp3) is 0. The molecule has 0 saturated heterocycles. The van der Waals surface area contributed by atoms with Crippen LogP contribution in [-0.4, -0.2) is 15.5 Å². The zero-order valence-electron chi connectivity index (χ0n) is 12.3. The van der Waals surface area contributed by atoms with Crippen LogP contribution in [0.5, 0.6) is 0 Å². The number of aromatic nitrogens is 2. The van der Waals surface area contributed by atoms with Crippen molar-refractivity contribution in [3.05, 3.63) is 75.0 Å². The Kier molecular flexibility index (Phi) is 2.89. The largest absolute Gasteiger partial charge is 0.422 e. The van der Waals surface area contributed by atoms with Gasteiger partial charge >= 0.3 is 11.3 Å². The van der Waals surface area contributed by atoms with Gasteiger partial charge in [0.05, 0.1) is 11.0 Å². The van der Waals surface area contributed by atoms with Gasteiger partial charge in [-0.1, -0.05) is 18.2 Å². The van der Waals surface area contributed by atoms with E-state index in [9.17, 15) is 14.4 Å². The highest BCUT2D eigenvalue weighted by Gasteiger charge is 2.20. The number of hydrogen-bond donors (Lipinski definition) is 2. The van der Waals surface area contributed by atoms with Crippen molar-refractivity contribution in [2.75, 3.05) is 5.73 Å². The van der Waals surface area contributed by atoms with Crippen molar-refractivity contribution in [3.8, 4) is 0 Å². The number of nitrogen functional groups attached to an aromatic ring is 1. The molecule has 118 valence electrons. The number of nitrogens with two attached hydrogens (primary N) is 1. The van der Waals surface area contributed by atoms with Gasteiger partial charge in [-0.25, -0.2) is 14.2 Å². The van der Waals surface area contributed by atoms with Crippen molar-refractivity contribution < 1.29 is 9.21 Å². The number of imidazole rings is 1. The average molecular weight is 321 g/mol. The summed E-state index contributed by atoms with van der Waals surface area (Å²) in [5.74, 6) is -0.754. The predicted octanol–water partition coefficient (Wildman–Crippen LogP) is 1.71. The maximum absolute atomic E-state index is 12.7. The molecule has 24 heavy (non-hydrogen) atoms. The van der Waals surface area contributed by atoms with Gasteiger partial charge < -0.3 is 15.1 Å². The van der Waals surface area contributed by atoms with E-state index in [1.165, 1.54) is 6.07 Å². The van der Waals surface area contributed by atoms with E-state index < -0.39 is 17.2 Å². The molecular formula is C17H11N3O4. The Morgan fingerprint density at radius 2 is 1.88 bits per heavy atom. The van der Waals surface area contributed by atoms with Crippen molar-refractivity contribution in [1.82, 2.24) is 9.55 Å². The van der Waals surface area contributed by atoms with E-state index in [-0.39, 0.29) is 5.56 Å². The molecule has 0 spiro atoms. The second-order valence-corrected chi connectivity index (χ2v) is 5.33. The molecule has 0 unspecified atom stereocenters. The Balaban J connectivity index is 1.97. The van der Waals surface area contributed by atoms with Crippen molar-refractivity contribution >= 4 is 33.6 Å². The van der Waals surface area contributed by atoms with Crippen LogP contribution in [0.4, 0.5) is 5.69 Å². The number of carbonyl (C=O) groups excluding carboxylic acids is 1. The zero-order valence-corrected chi connectivity index (χ0v) is 12.3. The number of nitrogens with zero attached hydrogens (tertiary/aromatic N) is 1. The maximum Gasteiger partial charge on any atom is 0.349 e. The molecule has 0 aliphatic carbocycles. The molecule has 7 nitrogen and oxygen atoms in total. The fourth-order valence-corrected chi connectivity index (χ4v) is 2.66. The quantitative estimate of drug-likeness (QED) is 0.409. The van der Waals surface area contributed by atoms with Gasteiger partial charge in [-0.15, -0.1) is 0 Å². The number of anilines is 1. The summed E-state index contributed by atoms with van der Waals surface area (Å²) >= 11 is 0. The second-order valence-electron chi connectivity index (χ2n) is 5.33. The Labute approximate surface area is 133 Å². The summed E-state index contributed by atoms with van der Waals surface area (Å²) in [6.07, 6.45) is 0. The minimum absolute atomic E-state index is 0.214. The van der Waals surface area contributed by atoms with Gasteiger partial charge in [-0.3, -0.25) is 4.79 Å². The Morgan fingerprint density at radius 1 is 1.08 bits per heavy atom. The monoisotopic (exact) mass is 321 g/mol. The predicted molar refractivity (Wildman–Crippen MR) is 89.2 cm³/mol. The highest BCUT2D eigenvalue weighted by molar-refractivity contribution is 6.02. The summed E-state index contributed by atoms with van der Waals surface area (Å²) in [5, 5.41) is 0.595.